The van der Waals surface area contributed by atoms with Crippen molar-refractivity contribution in [2.45, 2.75) is 26.2 Å². The lowest BCUT2D eigenvalue weighted by Crippen LogP contribution is -2.00. The number of carbonyl (C=O) groups is 2. The summed E-state index contributed by atoms with van der Waals surface area (Å²) in [7, 11) is 0. The second-order valence-electron chi connectivity index (χ2n) is 3.90. The van der Waals surface area contributed by atoms with E-state index < -0.39 is 0 Å². The Balaban J connectivity index is 2.44. The second-order valence-corrected chi connectivity index (χ2v) is 4.76. The molecule has 0 amide bonds. The molecule has 0 bridgehead atoms. The summed E-state index contributed by atoms with van der Waals surface area (Å²) in [5.41, 5.74) is 2.88. The largest absolute Gasteiger partial charge is 0.300 e. The highest BCUT2D eigenvalue weighted by Gasteiger charge is 2.21. The molecule has 1 aliphatic rings. The molecule has 0 spiro atoms. The molecule has 0 atom stereocenters. The molecule has 1 aliphatic carbocycles. The van der Waals surface area contributed by atoms with Crippen LogP contribution < -0.4 is 0 Å². The van der Waals surface area contributed by atoms with Crippen molar-refractivity contribution in [3.05, 3.63) is 33.3 Å². The first-order chi connectivity index (χ1) is 7.08. The molecule has 2 nitrogen and oxygen atoms in total. The van der Waals surface area contributed by atoms with Crippen molar-refractivity contribution in [2.75, 3.05) is 0 Å². The van der Waals surface area contributed by atoms with Crippen molar-refractivity contribution in [3.63, 3.8) is 0 Å². The van der Waals surface area contributed by atoms with Crippen molar-refractivity contribution in [3.8, 4) is 0 Å². The fourth-order valence-corrected chi connectivity index (χ4v) is 2.41. The number of hydrogen-bond acceptors (Lipinski definition) is 2. The molecule has 2 rings (SSSR count). The van der Waals surface area contributed by atoms with Crippen molar-refractivity contribution in [2.24, 2.45) is 0 Å². The molecule has 0 saturated heterocycles. The molecule has 1 aromatic carbocycles. The highest BCUT2D eigenvalue weighted by Crippen LogP contribution is 2.28. The zero-order chi connectivity index (χ0) is 11.0. The van der Waals surface area contributed by atoms with Crippen LogP contribution in [0.1, 0.15) is 34.8 Å². The van der Waals surface area contributed by atoms with Gasteiger partial charge in [0.25, 0.3) is 0 Å². The number of carbonyl (C=O) groups excluding carboxylic acids is 2. The summed E-state index contributed by atoms with van der Waals surface area (Å²) in [5.74, 6) is 0.347. The first-order valence-electron chi connectivity index (χ1n) is 4.92. The Morgan fingerprint density at radius 1 is 1.40 bits per heavy atom. The van der Waals surface area contributed by atoms with Crippen LogP contribution in [0.2, 0.25) is 0 Å². The molecule has 0 saturated carbocycles. The van der Waals surface area contributed by atoms with Gasteiger partial charge in [-0.15, -0.1) is 0 Å². The zero-order valence-corrected chi connectivity index (χ0v) is 10.1. The minimum absolute atomic E-state index is 0.139. The maximum atomic E-state index is 11.5. The summed E-state index contributed by atoms with van der Waals surface area (Å²) in [5, 5.41) is 0. The molecule has 0 fully saturated rings. The Bertz CT molecular complexity index is 449. The molecule has 0 N–H and O–H groups in total. The first-order valence-corrected chi connectivity index (χ1v) is 5.71. The highest BCUT2D eigenvalue weighted by atomic mass is 79.9. The normalized spacial score (nSPS) is 14.1. The molecule has 0 unspecified atom stereocenters. The monoisotopic (exact) mass is 266 g/mol. The van der Waals surface area contributed by atoms with Crippen LogP contribution >= 0.6 is 15.9 Å². The van der Waals surface area contributed by atoms with Gasteiger partial charge < -0.3 is 0 Å². The summed E-state index contributed by atoms with van der Waals surface area (Å²) in [6.45, 7) is 1.57. The maximum Gasteiger partial charge on any atom is 0.163 e. The third-order valence-electron chi connectivity index (χ3n) is 2.63. The van der Waals surface area contributed by atoms with Gasteiger partial charge in [0, 0.05) is 22.9 Å². The number of ketones is 2. The van der Waals surface area contributed by atoms with Gasteiger partial charge in [-0.3, -0.25) is 9.59 Å². The minimum atomic E-state index is 0.139. The van der Waals surface area contributed by atoms with E-state index in [1.807, 2.05) is 12.1 Å². The van der Waals surface area contributed by atoms with E-state index in [0.717, 1.165) is 27.6 Å². The SMILES string of the molecule is CC(=O)Cc1cc2c(cc1Br)C(=O)CC2. The van der Waals surface area contributed by atoms with Crippen LogP contribution in [0.4, 0.5) is 0 Å². The fourth-order valence-electron chi connectivity index (χ4n) is 1.92. The zero-order valence-electron chi connectivity index (χ0n) is 8.47. The predicted molar refractivity (Wildman–Crippen MR) is 61.2 cm³/mol. The lowest BCUT2D eigenvalue weighted by molar-refractivity contribution is -0.116. The smallest absolute Gasteiger partial charge is 0.163 e. The Kier molecular flexibility index (Phi) is 2.74. The van der Waals surface area contributed by atoms with E-state index >= 15 is 0 Å². The Morgan fingerprint density at radius 3 is 2.80 bits per heavy atom. The molecular weight excluding hydrogens is 256 g/mol. The average molecular weight is 267 g/mol. The number of rotatable bonds is 2. The maximum absolute atomic E-state index is 11.5. The van der Waals surface area contributed by atoms with Crippen LogP contribution in [-0.2, 0) is 17.6 Å². The van der Waals surface area contributed by atoms with E-state index in [4.69, 9.17) is 0 Å². The quantitative estimate of drug-likeness (QED) is 0.825. The minimum Gasteiger partial charge on any atom is -0.300 e. The third kappa shape index (κ3) is 2.02. The van der Waals surface area contributed by atoms with E-state index in [2.05, 4.69) is 15.9 Å². The molecule has 1 aromatic rings. The van der Waals surface area contributed by atoms with E-state index in [1.165, 1.54) is 0 Å². The van der Waals surface area contributed by atoms with Gasteiger partial charge in [0.05, 0.1) is 0 Å². The fraction of sp³-hybridized carbons (Fsp3) is 0.333. The summed E-state index contributed by atoms with van der Waals surface area (Å²) in [4.78, 5) is 22.5. The molecular formula is C12H11BrO2. The highest BCUT2D eigenvalue weighted by molar-refractivity contribution is 9.10. The van der Waals surface area contributed by atoms with Gasteiger partial charge in [-0.1, -0.05) is 22.0 Å². The van der Waals surface area contributed by atoms with E-state index in [0.29, 0.717) is 12.8 Å². The number of Topliss-reactive ketones (excluding diaryl/α,β-unsaturated/α-hetero) is 2. The molecule has 0 heterocycles. The molecule has 3 heteroatoms. The van der Waals surface area contributed by atoms with Crippen molar-refractivity contribution in [1.82, 2.24) is 0 Å². The second kappa shape index (κ2) is 3.89. The summed E-state index contributed by atoms with van der Waals surface area (Å²) in [6.07, 6.45) is 1.85. The predicted octanol–water partition coefficient (Wildman–Crippen LogP) is 2.71. The Morgan fingerprint density at radius 2 is 2.13 bits per heavy atom. The summed E-state index contributed by atoms with van der Waals surface area (Å²) >= 11 is 3.40. The van der Waals surface area contributed by atoms with Gasteiger partial charge in [0.15, 0.2) is 5.78 Å². The van der Waals surface area contributed by atoms with Crippen LogP contribution in [0.3, 0.4) is 0 Å². The van der Waals surface area contributed by atoms with Crippen molar-refractivity contribution in [1.29, 1.82) is 0 Å². The molecule has 0 radical (unpaired) electrons. The van der Waals surface area contributed by atoms with Crippen LogP contribution in [0.15, 0.2) is 16.6 Å². The van der Waals surface area contributed by atoms with Crippen LogP contribution in [0.5, 0.6) is 0 Å². The lowest BCUT2D eigenvalue weighted by atomic mass is 10.0. The Labute approximate surface area is 96.8 Å². The number of aryl methyl sites for hydroxylation is 1. The van der Waals surface area contributed by atoms with Crippen molar-refractivity contribution < 1.29 is 9.59 Å². The average Bonchev–Trinajstić information content (AvgIpc) is 2.48. The summed E-state index contributed by atoms with van der Waals surface area (Å²) < 4.78 is 0.867. The van der Waals surface area contributed by atoms with E-state index in [-0.39, 0.29) is 11.6 Å². The van der Waals surface area contributed by atoms with Crippen LogP contribution in [-0.4, -0.2) is 11.6 Å². The number of fused-ring (bicyclic) bond motifs is 1. The lowest BCUT2D eigenvalue weighted by Gasteiger charge is -2.05. The Hall–Kier alpha value is -0.960. The molecule has 0 aliphatic heterocycles. The van der Waals surface area contributed by atoms with Gasteiger partial charge in [0.2, 0.25) is 0 Å². The summed E-state index contributed by atoms with van der Waals surface area (Å²) in [6, 6.07) is 3.83. The standard InChI is InChI=1S/C12H11BrO2/c1-7(14)4-9-5-8-2-3-12(15)10(8)6-11(9)13/h5-6H,2-4H2,1H3. The molecule has 0 aromatic heterocycles. The topological polar surface area (TPSA) is 34.1 Å². The van der Waals surface area contributed by atoms with Gasteiger partial charge in [-0.05, 0) is 30.5 Å². The number of hydrogen-bond donors (Lipinski definition) is 0. The van der Waals surface area contributed by atoms with Crippen LogP contribution in [0, 0.1) is 0 Å². The van der Waals surface area contributed by atoms with Crippen LogP contribution in [0.25, 0.3) is 0 Å². The van der Waals surface area contributed by atoms with E-state index in [1.54, 1.807) is 6.92 Å². The van der Waals surface area contributed by atoms with Gasteiger partial charge in [-0.25, -0.2) is 0 Å². The molecule has 15 heavy (non-hydrogen) atoms. The first kappa shape index (κ1) is 10.6. The van der Waals surface area contributed by atoms with E-state index in [9.17, 15) is 9.59 Å². The van der Waals surface area contributed by atoms with Gasteiger partial charge in [0.1, 0.15) is 5.78 Å². The third-order valence-corrected chi connectivity index (χ3v) is 3.37. The van der Waals surface area contributed by atoms with Gasteiger partial charge in [-0.2, -0.15) is 0 Å². The molecule has 78 valence electrons. The number of halogens is 1. The van der Waals surface area contributed by atoms with Gasteiger partial charge >= 0.3 is 0 Å². The van der Waals surface area contributed by atoms with Crippen molar-refractivity contribution >= 4 is 27.5 Å². The number of benzene rings is 1.